The highest BCUT2D eigenvalue weighted by molar-refractivity contribution is 7.99. The van der Waals surface area contributed by atoms with Crippen LogP contribution >= 0.6 is 23.1 Å². The molecule has 3 heterocycles. The Labute approximate surface area is 183 Å². The van der Waals surface area contributed by atoms with Crippen molar-refractivity contribution in [1.29, 1.82) is 0 Å². The summed E-state index contributed by atoms with van der Waals surface area (Å²) < 4.78 is 28.7. The molecule has 10 heteroatoms. The van der Waals surface area contributed by atoms with Gasteiger partial charge < -0.3 is 9.73 Å². The molecule has 1 aromatic carbocycles. The van der Waals surface area contributed by atoms with Crippen molar-refractivity contribution >= 4 is 38.8 Å². The summed E-state index contributed by atoms with van der Waals surface area (Å²) in [6.45, 7) is 0. The number of nitrogens with one attached hydrogen (secondary N) is 1. The lowest BCUT2D eigenvalue weighted by atomic mass is 10.1. The van der Waals surface area contributed by atoms with E-state index in [1.54, 1.807) is 11.3 Å². The Kier molecular flexibility index (Phi) is 6.55. The minimum Gasteiger partial charge on any atom is -0.416 e. The number of thioether (sulfide) groups is 1. The van der Waals surface area contributed by atoms with Gasteiger partial charge in [0.2, 0.25) is 11.8 Å². The van der Waals surface area contributed by atoms with Crippen molar-refractivity contribution in [3.8, 4) is 0 Å². The maximum atomic E-state index is 12.6. The standard InChI is InChI=1S/C20H21N3O4S3/c24-17(21-19(16-7-4-9-28-16)15-5-2-1-3-6-15)12-29-20-23-22-18(27-20)11-14-8-10-30(25,26)13-14/h1-7,9,14,19H,8,10-13H2,(H,21,24)/t14-,19-/m1/s1. The minimum absolute atomic E-state index is 0.0222. The first kappa shape index (κ1) is 21.1. The minimum atomic E-state index is -2.93. The second-order valence-corrected chi connectivity index (χ2v) is 11.3. The number of rotatable bonds is 8. The van der Waals surface area contributed by atoms with Crippen LogP contribution in [0.4, 0.5) is 0 Å². The summed E-state index contributed by atoms with van der Waals surface area (Å²) in [4.78, 5) is 13.6. The highest BCUT2D eigenvalue weighted by Crippen LogP contribution is 2.27. The average molecular weight is 464 g/mol. The maximum Gasteiger partial charge on any atom is 0.277 e. The van der Waals surface area contributed by atoms with E-state index in [2.05, 4.69) is 15.5 Å². The van der Waals surface area contributed by atoms with Gasteiger partial charge in [-0.2, -0.15) is 0 Å². The van der Waals surface area contributed by atoms with E-state index in [1.807, 2.05) is 47.8 Å². The summed E-state index contributed by atoms with van der Waals surface area (Å²) in [7, 11) is -2.93. The number of hydrogen-bond donors (Lipinski definition) is 1. The first-order valence-electron chi connectivity index (χ1n) is 9.52. The van der Waals surface area contributed by atoms with Crippen LogP contribution in [0, 0.1) is 5.92 Å². The molecule has 1 saturated heterocycles. The predicted octanol–water partition coefficient (Wildman–Crippen LogP) is 3.11. The van der Waals surface area contributed by atoms with E-state index >= 15 is 0 Å². The normalized spacial score (nSPS) is 18.9. The van der Waals surface area contributed by atoms with Crippen LogP contribution < -0.4 is 5.32 Å². The Hall–Kier alpha value is -2.17. The number of nitrogens with zero attached hydrogens (tertiary/aromatic N) is 2. The molecular weight excluding hydrogens is 442 g/mol. The van der Waals surface area contributed by atoms with Crippen molar-refractivity contribution < 1.29 is 17.6 Å². The second-order valence-electron chi connectivity index (χ2n) is 7.15. The highest BCUT2D eigenvalue weighted by Gasteiger charge is 2.29. The molecule has 7 nitrogen and oxygen atoms in total. The molecular formula is C20H21N3O4S3. The molecule has 0 spiro atoms. The van der Waals surface area contributed by atoms with Crippen LogP contribution in [0.15, 0.2) is 57.5 Å². The number of aromatic nitrogens is 2. The molecule has 0 bridgehead atoms. The number of thiophene rings is 1. The van der Waals surface area contributed by atoms with E-state index in [0.717, 1.165) is 10.4 Å². The van der Waals surface area contributed by atoms with Crippen LogP contribution in [0.2, 0.25) is 0 Å². The van der Waals surface area contributed by atoms with Gasteiger partial charge >= 0.3 is 0 Å². The smallest absolute Gasteiger partial charge is 0.277 e. The Morgan fingerprint density at radius 1 is 1.23 bits per heavy atom. The van der Waals surface area contributed by atoms with E-state index in [9.17, 15) is 13.2 Å². The van der Waals surface area contributed by atoms with Crippen LogP contribution in [0.1, 0.15) is 28.8 Å². The fraction of sp³-hybridized carbons (Fsp3) is 0.350. The molecule has 0 saturated carbocycles. The molecule has 1 fully saturated rings. The van der Waals surface area contributed by atoms with Crippen molar-refractivity contribution in [3.05, 3.63) is 64.2 Å². The van der Waals surface area contributed by atoms with E-state index in [-0.39, 0.29) is 35.1 Å². The van der Waals surface area contributed by atoms with Crippen LogP contribution in [0.3, 0.4) is 0 Å². The second kappa shape index (κ2) is 9.32. The first-order chi connectivity index (χ1) is 14.5. The van der Waals surface area contributed by atoms with Gasteiger partial charge in [-0.15, -0.1) is 21.5 Å². The van der Waals surface area contributed by atoms with E-state index in [1.165, 1.54) is 11.8 Å². The van der Waals surface area contributed by atoms with Crippen molar-refractivity contribution in [1.82, 2.24) is 15.5 Å². The van der Waals surface area contributed by atoms with Gasteiger partial charge in [-0.3, -0.25) is 4.79 Å². The van der Waals surface area contributed by atoms with Gasteiger partial charge in [0.15, 0.2) is 9.84 Å². The van der Waals surface area contributed by atoms with Gasteiger partial charge in [-0.1, -0.05) is 48.2 Å². The monoisotopic (exact) mass is 463 g/mol. The van der Waals surface area contributed by atoms with Crippen LogP contribution in [0.5, 0.6) is 0 Å². The average Bonchev–Trinajstić information content (AvgIpc) is 3.47. The lowest BCUT2D eigenvalue weighted by Gasteiger charge is -2.17. The molecule has 1 aliphatic rings. The van der Waals surface area contributed by atoms with Crippen LogP contribution in [-0.2, 0) is 21.1 Å². The molecule has 3 aromatic rings. The zero-order valence-corrected chi connectivity index (χ0v) is 18.5. The third-order valence-electron chi connectivity index (χ3n) is 4.83. The van der Waals surface area contributed by atoms with Crippen LogP contribution in [0.25, 0.3) is 0 Å². The molecule has 158 valence electrons. The topological polar surface area (TPSA) is 102 Å². The van der Waals surface area contributed by atoms with Gasteiger partial charge in [0.05, 0.1) is 23.3 Å². The molecule has 1 amide bonds. The fourth-order valence-electron chi connectivity index (χ4n) is 3.41. The highest BCUT2D eigenvalue weighted by atomic mass is 32.2. The summed E-state index contributed by atoms with van der Waals surface area (Å²) in [6.07, 6.45) is 1.08. The number of amides is 1. The Morgan fingerprint density at radius 2 is 2.07 bits per heavy atom. The van der Waals surface area contributed by atoms with E-state index < -0.39 is 9.84 Å². The fourth-order valence-corrected chi connectivity index (χ4v) is 6.66. The number of benzene rings is 1. The van der Waals surface area contributed by atoms with Gasteiger partial charge in [-0.25, -0.2) is 8.42 Å². The Morgan fingerprint density at radius 3 is 2.77 bits per heavy atom. The zero-order valence-electron chi connectivity index (χ0n) is 16.1. The molecule has 0 unspecified atom stereocenters. The first-order valence-corrected chi connectivity index (χ1v) is 13.2. The van der Waals surface area contributed by atoms with Crippen molar-refractivity contribution in [2.75, 3.05) is 17.3 Å². The Balaban J connectivity index is 1.32. The van der Waals surface area contributed by atoms with Gasteiger partial charge in [-0.05, 0) is 29.3 Å². The largest absolute Gasteiger partial charge is 0.416 e. The van der Waals surface area contributed by atoms with Gasteiger partial charge in [0.25, 0.3) is 5.22 Å². The molecule has 0 radical (unpaired) electrons. The Bertz CT molecular complexity index is 1080. The lowest BCUT2D eigenvalue weighted by Crippen LogP contribution is -2.30. The number of sulfone groups is 1. The SMILES string of the molecule is O=C(CSc1nnc(C[C@H]2CCS(=O)(=O)C2)o1)N[C@H](c1ccccc1)c1cccs1. The van der Waals surface area contributed by atoms with E-state index in [4.69, 9.17) is 4.42 Å². The van der Waals surface area contributed by atoms with Crippen molar-refractivity contribution in [2.24, 2.45) is 5.92 Å². The summed E-state index contributed by atoms with van der Waals surface area (Å²) in [5.41, 5.74) is 1.02. The summed E-state index contributed by atoms with van der Waals surface area (Å²) in [5, 5.41) is 13.3. The number of hydrogen-bond acceptors (Lipinski definition) is 8. The quantitative estimate of drug-likeness (QED) is 0.512. The third kappa shape index (κ3) is 5.50. The van der Waals surface area contributed by atoms with Gasteiger partial charge in [0.1, 0.15) is 0 Å². The molecule has 0 aliphatic carbocycles. The van der Waals surface area contributed by atoms with E-state index in [0.29, 0.717) is 24.0 Å². The predicted molar refractivity (Wildman–Crippen MR) is 116 cm³/mol. The van der Waals surface area contributed by atoms with Crippen molar-refractivity contribution in [2.45, 2.75) is 24.1 Å². The molecule has 2 aromatic heterocycles. The maximum absolute atomic E-state index is 12.6. The summed E-state index contributed by atoms with van der Waals surface area (Å²) >= 11 is 2.77. The molecule has 30 heavy (non-hydrogen) atoms. The zero-order chi connectivity index (χ0) is 21.0. The molecule has 4 rings (SSSR count). The lowest BCUT2D eigenvalue weighted by molar-refractivity contribution is -0.119. The molecule has 1 aliphatic heterocycles. The molecule has 1 N–H and O–H groups in total. The number of carbonyl (C=O) groups is 1. The summed E-state index contributed by atoms with van der Waals surface area (Å²) in [6, 6.07) is 13.6. The third-order valence-corrected chi connectivity index (χ3v) is 8.42. The molecule has 2 atom stereocenters. The van der Waals surface area contributed by atoms with Crippen LogP contribution in [-0.4, -0.2) is 41.8 Å². The van der Waals surface area contributed by atoms with Crippen molar-refractivity contribution in [3.63, 3.8) is 0 Å². The number of carbonyl (C=O) groups excluding carboxylic acids is 1. The van der Waals surface area contributed by atoms with Gasteiger partial charge in [0, 0.05) is 11.3 Å². The summed E-state index contributed by atoms with van der Waals surface area (Å²) in [5.74, 6) is 0.844.